The maximum Gasteiger partial charge on any atom is 0.245 e. The molecule has 1 aliphatic rings. The second-order valence-electron chi connectivity index (χ2n) is 4.81. The van der Waals surface area contributed by atoms with Crippen LogP contribution in [0.15, 0.2) is 5.16 Å². The van der Waals surface area contributed by atoms with Crippen LogP contribution in [-0.4, -0.2) is 48.1 Å². The number of hydrogen-bond donors (Lipinski definition) is 2. The Bertz CT molecular complexity index is 847. The van der Waals surface area contributed by atoms with Crippen LogP contribution in [0, 0.1) is 5.41 Å². The van der Waals surface area contributed by atoms with Gasteiger partial charge in [-0.15, -0.1) is 5.10 Å². The summed E-state index contributed by atoms with van der Waals surface area (Å²) in [6.45, 7) is 0.552. The lowest BCUT2D eigenvalue weighted by molar-refractivity contribution is 0.0510. The van der Waals surface area contributed by atoms with Crippen LogP contribution >= 0.6 is 0 Å². The normalized spacial score (nSPS) is 19.2. The molecule has 2 N–H and O–H groups in total. The third-order valence-electron chi connectivity index (χ3n) is 3.32. The first kappa shape index (κ1) is 14.0. The molecular formula is C11H15N5O4S. The minimum absolute atomic E-state index is 0.203. The Morgan fingerprint density at radius 3 is 2.86 bits per heavy atom. The fourth-order valence-electron chi connectivity index (χ4n) is 2.45. The zero-order valence-corrected chi connectivity index (χ0v) is 12.4. The number of rotatable bonds is 3. The van der Waals surface area contributed by atoms with E-state index in [1.807, 2.05) is 0 Å². The van der Waals surface area contributed by atoms with E-state index in [9.17, 15) is 8.42 Å². The number of methoxy groups -OCH3 is 1. The highest BCUT2D eigenvalue weighted by Gasteiger charge is 2.28. The molecule has 0 saturated carbocycles. The second kappa shape index (κ2) is 4.81. The van der Waals surface area contributed by atoms with Gasteiger partial charge in [0.25, 0.3) is 0 Å². The molecule has 0 bridgehead atoms. The van der Waals surface area contributed by atoms with Crippen LogP contribution in [0.4, 0.5) is 0 Å². The molecule has 0 amide bonds. The monoisotopic (exact) mass is 313 g/mol. The maximum absolute atomic E-state index is 12.0. The Morgan fingerprint density at radius 2 is 2.29 bits per heavy atom. The fourth-order valence-corrected chi connectivity index (χ4v) is 3.27. The Hall–Kier alpha value is -1.94. The molecule has 0 aliphatic carbocycles. The third kappa shape index (κ3) is 2.20. The van der Waals surface area contributed by atoms with Gasteiger partial charge in [-0.05, 0) is 12.8 Å². The summed E-state index contributed by atoms with van der Waals surface area (Å²) in [5, 5.41) is 14.7. The molecule has 2 aromatic heterocycles. The molecule has 3 rings (SSSR count). The molecular weight excluding hydrogens is 298 g/mol. The summed E-state index contributed by atoms with van der Waals surface area (Å²) in [6.07, 6.45) is 2.11. The van der Waals surface area contributed by atoms with Crippen molar-refractivity contribution in [3.63, 3.8) is 0 Å². The zero-order valence-electron chi connectivity index (χ0n) is 11.6. The molecule has 0 spiro atoms. The van der Waals surface area contributed by atoms with Gasteiger partial charge in [0, 0.05) is 12.9 Å². The van der Waals surface area contributed by atoms with Crippen molar-refractivity contribution in [2.24, 2.45) is 0 Å². The predicted octanol–water partition coefficient (Wildman–Crippen LogP) is -0.0400. The molecule has 114 valence electrons. The van der Waals surface area contributed by atoms with Gasteiger partial charge in [-0.3, -0.25) is 15.1 Å². The van der Waals surface area contributed by atoms with Crippen molar-refractivity contribution in [1.82, 2.24) is 19.7 Å². The molecule has 9 nitrogen and oxygen atoms in total. The van der Waals surface area contributed by atoms with Gasteiger partial charge in [0.1, 0.15) is 17.3 Å². The predicted molar refractivity (Wildman–Crippen MR) is 71.6 cm³/mol. The van der Waals surface area contributed by atoms with Crippen LogP contribution in [0.3, 0.4) is 0 Å². The number of ether oxygens (including phenoxy) is 2. The standard InChI is InChI=1S/C11H15N5O4S/c1-19-10-7-8(12)13-11(21(2,17)18)16(9(7)14-15-10)6-4-3-5-20-6/h6,12H,3-5H2,1-2H3,(H,14,15). The van der Waals surface area contributed by atoms with Gasteiger partial charge < -0.3 is 9.47 Å². The van der Waals surface area contributed by atoms with E-state index < -0.39 is 16.1 Å². The van der Waals surface area contributed by atoms with E-state index in [4.69, 9.17) is 14.9 Å². The van der Waals surface area contributed by atoms with Crippen molar-refractivity contribution in [2.45, 2.75) is 24.2 Å². The van der Waals surface area contributed by atoms with Crippen molar-refractivity contribution < 1.29 is 17.9 Å². The van der Waals surface area contributed by atoms with Gasteiger partial charge in [-0.1, -0.05) is 0 Å². The molecule has 2 aromatic rings. The summed E-state index contributed by atoms with van der Waals surface area (Å²) in [5.41, 5.74) is 0.157. The Labute approximate surface area is 120 Å². The average molecular weight is 313 g/mol. The highest BCUT2D eigenvalue weighted by atomic mass is 32.2. The van der Waals surface area contributed by atoms with Gasteiger partial charge in [-0.2, -0.15) is 4.98 Å². The van der Waals surface area contributed by atoms with Crippen LogP contribution in [0.2, 0.25) is 0 Å². The van der Waals surface area contributed by atoms with E-state index in [0.717, 1.165) is 12.7 Å². The molecule has 0 aromatic carbocycles. The Balaban J connectivity index is 2.41. The number of nitrogens with one attached hydrogen (secondary N) is 2. The fraction of sp³-hybridized carbons (Fsp3) is 0.545. The molecule has 1 aliphatic heterocycles. The lowest BCUT2D eigenvalue weighted by atomic mass is 10.3. The van der Waals surface area contributed by atoms with Gasteiger partial charge >= 0.3 is 0 Å². The quantitative estimate of drug-likeness (QED) is 0.766. The summed E-state index contributed by atoms with van der Waals surface area (Å²) in [4.78, 5) is 3.92. The maximum atomic E-state index is 12.0. The van der Waals surface area contributed by atoms with E-state index in [0.29, 0.717) is 24.1 Å². The number of nitrogens with zero attached hydrogens (tertiary/aromatic N) is 3. The van der Waals surface area contributed by atoms with Crippen molar-refractivity contribution in [2.75, 3.05) is 20.0 Å². The second-order valence-corrected chi connectivity index (χ2v) is 6.72. The van der Waals surface area contributed by atoms with E-state index in [1.165, 1.54) is 11.7 Å². The van der Waals surface area contributed by atoms with Crippen molar-refractivity contribution in [1.29, 1.82) is 5.41 Å². The number of sulfone groups is 1. The van der Waals surface area contributed by atoms with E-state index >= 15 is 0 Å². The molecule has 10 heteroatoms. The van der Waals surface area contributed by atoms with Gasteiger partial charge in [0.05, 0.1) is 7.11 Å². The SMILES string of the molecule is COc1n[nH]c2c1c(=N)nc(S(C)(=O)=O)n2C1CCCO1. The number of H-pyrrole nitrogens is 1. The lowest BCUT2D eigenvalue weighted by Crippen LogP contribution is -2.24. The highest BCUT2D eigenvalue weighted by Crippen LogP contribution is 2.30. The number of hydrogen-bond acceptors (Lipinski definition) is 7. The summed E-state index contributed by atoms with van der Waals surface area (Å²) in [5.74, 6) is 0.203. The minimum Gasteiger partial charge on any atom is -0.479 e. The van der Waals surface area contributed by atoms with E-state index in [1.54, 1.807) is 0 Å². The molecule has 21 heavy (non-hydrogen) atoms. The van der Waals surface area contributed by atoms with Gasteiger partial charge in [0.2, 0.25) is 20.9 Å². The van der Waals surface area contributed by atoms with E-state index in [2.05, 4.69) is 15.2 Å². The topological polar surface area (TPSA) is 123 Å². The minimum atomic E-state index is -3.62. The smallest absolute Gasteiger partial charge is 0.245 e. The Kier molecular flexibility index (Phi) is 3.21. The first-order valence-corrected chi connectivity index (χ1v) is 8.23. The molecule has 1 atom stereocenters. The van der Waals surface area contributed by atoms with Crippen LogP contribution in [0.5, 0.6) is 5.88 Å². The lowest BCUT2D eigenvalue weighted by Gasteiger charge is -2.18. The largest absolute Gasteiger partial charge is 0.479 e. The van der Waals surface area contributed by atoms with Crippen LogP contribution in [0.25, 0.3) is 11.0 Å². The number of aromatic nitrogens is 4. The average Bonchev–Trinajstić information content (AvgIpc) is 3.06. The summed E-state index contributed by atoms with van der Waals surface area (Å²) in [6, 6.07) is 0. The molecule has 1 unspecified atom stereocenters. The number of fused-ring (bicyclic) bond motifs is 1. The summed E-state index contributed by atoms with van der Waals surface area (Å²) < 4.78 is 36.1. The first-order chi connectivity index (χ1) is 9.93. The van der Waals surface area contributed by atoms with Crippen molar-refractivity contribution >= 4 is 20.9 Å². The molecule has 1 saturated heterocycles. The van der Waals surface area contributed by atoms with Crippen LogP contribution in [-0.2, 0) is 14.6 Å². The van der Waals surface area contributed by atoms with Crippen LogP contribution in [0.1, 0.15) is 19.1 Å². The van der Waals surface area contributed by atoms with Gasteiger partial charge in [0.15, 0.2) is 5.49 Å². The van der Waals surface area contributed by atoms with Crippen molar-refractivity contribution in [3.8, 4) is 5.88 Å². The molecule has 3 heterocycles. The first-order valence-electron chi connectivity index (χ1n) is 6.34. The summed E-state index contributed by atoms with van der Waals surface area (Å²) in [7, 11) is -2.19. The third-order valence-corrected chi connectivity index (χ3v) is 4.28. The molecule has 0 radical (unpaired) electrons. The van der Waals surface area contributed by atoms with Crippen LogP contribution < -0.4 is 10.2 Å². The Morgan fingerprint density at radius 1 is 1.52 bits per heavy atom. The highest BCUT2D eigenvalue weighted by molar-refractivity contribution is 7.90. The number of aromatic amines is 1. The van der Waals surface area contributed by atoms with Gasteiger partial charge in [-0.25, -0.2) is 8.42 Å². The van der Waals surface area contributed by atoms with E-state index in [-0.39, 0.29) is 16.5 Å². The zero-order chi connectivity index (χ0) is 15.2. The summed E-state index contributed by atoms with van der Waals surface area (Å²) >= 11 is 0. The molecule has 1 fully saturated rings. The van der Waals surface area contributed by atoms with Crippen molar-refractivity contribution in [3.05, 3.63) is 5.49 Å².